The van der Waals surface area contributed by atoms with Crippen molar-refractivity contribution in [3.63, 3.8) is 0 Å². The number of aromatic amines is 3. The van der Waals surface area contributed by atoms with Crippen molar-refractivity contribution in [1.29, 1.82) is 0 Å². The lowest BCUT2D eigenvalue weighted by atomic mass is 11.0. The van der Waals surface area contributed by atoms with Crippen LogP contribution in [0.5, 0.6) is 0 Å². The Hall–Kier alpha value is -3.05. The molecule has 0 aliphatic carbocycles. The molecule has 0 spiro atoms. The highest BCUT2D eigenvalue weighted by Crippen LogP contribution is 1.34. The molecule has 17 heavy (non-hydrogen) atoms. The number of rotatable bonds is 0. The quantitative estimate of drug-likeness (QED) is 0.245. The molecule has 10 N–H and O–H groups in total. The monoisotopic (exact) mass is 250 g/mol. The van der Waals surface area contributed by atoms with E-state index in [1.165, 1.54) is 0 Å². The number of carbonyl (C=O) groups is 2. The highest BCUT2D eigenvalue weighted by molar-refractivity contribution is 5.69. The fourth-order valence-corrected chi connectivity index (χ4v) is 0.403. The first kappa shape index (κ1) is 16.4. The third-order valence-corrected chi connectivity index (χ3v) is 0.681. The number of hydrogen-bond donors (Lipinski definition) is 7. The topological polar surface area (TPSA) is 231 Å². The van der Waals surface area contributed by atoms with Crippen LogP contribution < -0.4 is 34.3 Å². The molecule has 1 rings (SSSR count). The number of nitrogens with one attached hydrogen (secondary N) is 3. The van der Waals surface area contributed by atoms with Crippen molar-refractivity contribution in [2.24, 2.45) is 17.2 Å². The zero-order valence-electron chi connectivity index (χ0n) is 8.22. The Morgan fingerprint density at radius 3 is 1.06 bits per heavy atom. The van der Waals surface area contributed by atoms with E-state index >= 15 is 0 Å². The third kappa shape index (κ3) is 19.4. The van der Waals surface area contributed by atoms with Crippen molar-refractivity contribution in [3.8, 4) is 0 Å². The molecule has 0 unspecified atom stereocenters. The Labute approximate surface area is 91.5 Å². The molecular formula is C5H10N6O6. The summed E-state index contributed by atoms with van der Waals surface area (Å²) in [7, 11) is 0. The van der Waals surface area contributed by atoms with Gasteiger partial charge in [0.1, 0.15) is 0 Å². The van der Waals surface area contributed by atoms with E-state index in [2.05, 4.69) is 17.2 Å². The summed E-state index contributed by atoms with van der Waals surface area (Å²) in [6.07, 6.45) is -1.33. The fraction of sp³-hybridized carbons (Fsp3) is 0. The largest absolute Gasteiger partial charge is 0.465 e. The van der Waals surface area contributed by atoms with Gasteiger partial charge in [-0.05, 0) is 0 Å². The number of primary amides is 3. The average Bonchev–Trinajstić information content (AvgIpc) is 1.96. The van der Waals surface area contributed by atoms with Crippen LogP contribution in [0.3, 0.4) is 0 Å². The van der Waals surface area contributed by atoms with Gasteiger partial charge in [-0.25, -0.2) is 24.0 Å². The number of aromatic nitrogens is 3. The van der Waals surface area contributed by atoms with Gasteiger partial charge in [0, 0.05) is 0 Å². The predicted molar refractivity (Wildman–Crippen MR) is 54.3 cm³/mol. The van der Waals surface area contributed by atoms with Gasteiger partial charge in [-0.1, -0.05) is 0 Å². The molecule has 0 atom stereocenters. The molecule has 0 aliphatic rings. The van der Waals surface area contributed by atoms with Crippen molar-refractivity contribution in [2.45, 2.75) is 0 Å². The molecule has 0 radical (unpaired) electrons. The predicted octanol–water partition coefficient (Wildman–Crippen LogP) is -3.60. The molecule has 96 valence electrons. The number of nitrogens with two attached hydrogens (primary N) is 3. The number of urea groups is 1. The maximum absolute atomic E-state index is 10.2. The standard InChI is InChI=1S/C3H3N3O3.CH4N2O.CH3NO2/c7-1-4-2(8)6-3(9)5-1;2*2-1(3)4/h(H3,4,5,6,7,8,9);(H4,2,3,4);2H2,(H,3,4). The summed E-state index contributed by atoms with van der Waals surface area (Å²) < 4.78 is 0. The molecule has 12 heteroatoms. The summed E-state index contributed by atoms with van der Waals surface area (Å²) in [5, 5.41) is 7.19. The van der Waals surface area contributed by atoms with Crippen LogP contribution in [0, 0.1) is 0 Å². The second-order valence-electron chi connectivity index (χ2n) is 2.10. The maximum atomic E-state index is 10.2. The smallest absolute Gasteiger partial charge is 0.402 e. The first-order valence-corrected chi connectivity index (χ1v) is 3.61. The Bertz CT molecular complexity index is 426. The highest BCUT2D eigenvalue weighted by atomic mass is 16.4. The van der Waals surface area contributed by atoms with Crippen molar-refractivity contribution in [2.75, 3.05) is 0 Å². The molecule has 0 aliphatic heterocycles. The van der Waals surface area contributed by atoms with Crippen molar-refractivity contribution in [3.05, 3.63) is 31.5 Å². The molecular weight excluding hydrogens is 240 g/mol. The maximum Gasteiger partial charge on any atom is 0.402 e. The molecule has 1 aromatic rings. The summed E-state index contributed by atoms with van der Waals surface area (Å²) in [6.45, 7) is 0. The van der Waals surface area contributed by atoms with Crippen LogP contribution in [-0.2, 0) is 0 Å². The van der Waals surface area contributed by atoms with E-state index in [9.17, 15) is 14.4 Å². The lowest BCUT2D eigenvalue weighted by molar-refractivity contribution is 0.205. The van der Waals surface area contributed by atoms with Gasteiger partial charge in [-0.15, -0.1) is 0 Å². The minimum atomic E-state index is -1.33. The Kier molecular flexibility index (Phi) is 7.97. The number of hydrogen-bond acceptors (Lipinski definition) is 5. The molecule has 1 heterocycles. The van der Waals surface area contributed by atoms with Crippen molar-refractivity contribution >= 4 is 12.1 Å². The first-order valence-electron chi connectivity index (χ1n) is 3.61. The van der Waals surface area contributed by atoms with E-state index in [4.69, 9.17) is 14.7 Å². The van der Waals surface area contributed by atoms with E-state index in [1.807, 2.05) is 0 Å². The van der Waals surface area contributed by atoms with Crippen LogP contribution in [0.4, 0.5) is 9.59 Å². The Morgan fingerprint density at radius 1 is 0.824 bits per heavy atom. The normalized spacial score (nSPS) is 7.76. The fourth-order valence-electron chi connectivity index (χ4n) is 0.403. The summed E-state index contributed by atoms with van der Waals surface area (Å²) in [6, 6.07) is -0.833. The average molecular weight is 250 g/mol. The van der Waals surface area contributed by atoms with Crippen LogP contribution in [0.15, 0.2) is 14.4 Å². The number of amides is 3. The van der Waals surface area contributed by atoms with Gasteiger partial charge in [0.15, 0.2) is 0 Å². The Morgan fingerprint density at radius 2 is 0.941 bits per heavy atom. The third-order valence-electron chi connectivity index (χ3n) is 0.681. The molecule has 0 fully saturated rings. The van der Waals surface area contributed by atoms with Crippen molar-refractivity contribution < 1.29 is 14.7 Å². The molecule has 0 saturated carbocycles. The second kappa shape index (κ2) is 8.27. The zero-order valence-corrected chi connectivity index (χ0v) is 8.22. The number of carboxylic acid groups (broad SMARTS) is 1. The minimum Gasteiger partial charge on any atom is -0.465 e. The van der Waals surface area contributed by atoms with Gasteiger partial charge in [0.05, 0.1) is 0 Å². The van der Waals surface area contributed by atoms with Crippen LogP contribution in [0.1, 0.15) is 0 Å². The van der Waals surface area contributed by atoms with Gasteiger partial charge >= 0.3 is 29.2 Å². The molecule has 0 bridgehead atoms. The lowest BCUT2D eigenvalue weighted by Crippen LogP contribution is -2.34. The summed E-state index contributed by atoms with van der Waals surface area (Å²) in [5.74, 6) is 0. The summed E-state index contributed by atoms with van der Waals surface area (Å²) >= 11 is 0. The van der Waals surface area contributed by atoms with Crippen molar-refractivity contribution in [1.82, 2.24) is 15.0 Å². The molecule has 3 amide bonds. The number of H-pyrrole nitrogens is 3. The van der Waals surface area contributed by atoms with Crippen LogP contribution >= 0.6 is 0 Å². The van der Waals surface area contributed by atoms with Gasteiger partial charge in [-0.2, -0.15) is 0 Å². The summed E-state index contributed by atoms with van der Waals surface area (Å²) in [5.41, 5.74) is 10.1. The van der Waals surface area contributed by atoms with E-state index in [0.717, 1.165) is 0 Å². The van der Waals surface area contributed by atoms with E-state index in [1.54, 1.807) is 15.0 Å². The summed E-state index contributed by atoms with van der Waals surface area (Å²) in [4.78, 5) is 53.7. The zero-order chi connectivity index (χ0) is 14.0. The number of carbonyl (C=O) groups excluding carboxylic acids is 1. The van der Waals surface area contributed by atoms with E-state index in [-0.39, 0.29) is 0 Å². The van der Waals surface area contributed by atoms with E-state index in [0.29, 0.717) is 0 Å². The highest BCUT2D eigenvalue weighted by Gasteiger charge is 1.85. The Balaban J connectivity index is 0. The van der Waals surface area contributed by atoms with Gasteiger partial charge in [0.2, 0.25) is 0 Å². The first-order chi connectivity index (χ1) is 7.65. The van der Waals surface area contributed by atoms with Gasteiger partial charge < -0.3 is 22.3 Å². The minimum absolute atomic E-state index is 0.802. The lowest BCUT2D eigenvalue weighted by Gasteiger charge is -1.77. The van der Waals surface area contributed by atoms with E-state index < -0.39 is 29.2 Å². The molecule has 12 nitrogen and oxygen atoms in total. The molecule has 1 aromatic heterocycles. The van der Waals surface area contributed by atoms with Gasteiger partial charge in [0.25, 0.3) is 0 Å². The van der Waals surface area contributed by atoms with Crippen LogP contribution in [0.2, 0.25) is 0 Å². The van der Waals surface area contributed by atoms with Crippen LogP contribution in [0.25, 0.3) is 0 Å². The van der Waals surface area contributed by atoms with Crippen LogP contribution in [-0.4, -0.2) is 32.2 Å². The molecule has 0 aromatic carbocycles. The molecule has 0 saturated heterocycles. The SMILES string of the molecule is NC(=O)O.NC(N)=O.O=c1[nH]c(=O)[nH]c(=O)[nH]1. The second-order valence-corrected chi connectivity index (χ2v) is 2.10. The van der Waals surface area contributed by atoms with Gasteiger partial charge in [-0.3, -0.25) is 15.0 Å².